The largest absolute Gasteiger partial charge is 0.356 e. The van der Waals surface area contributed by atoms with Gasteiger partial charge in [-0.3, -0.25) is 0 Å². The number of hydrogen-bond donors (Lipinski definition) is 1. The van der Waals surface area contributed by atoms with Crippen LogP contribution < -0.4 is 5.32 Å². The van der Waals surface area contributed by atoms with Gasteiger partial charge in [0.05, 0.1) is 0 Å². The molecule has 6 nitrogen and oxygen atoms in total. The lowest BCUT2D eigenvalue weighted by Gasteiger charge is -2.36. The Morgan fingerprint density at radius 2 is 2.19 bits per heavy atom. The Morgan fingerprint density at radius 1 is 1.42 bits per heavy atom. The maximum Gasteiger partial charge on any atom is 0.194 e. The molecule has 26 heavy (non-hydrogen) atoms. The minimum Gasteiger partial charge on any atom is -0.356 e. The van der Waals surface area contributed by atoms with Crippen LogP contribution in [-0.4, -0.2) is 68.3 Å². The first-order valence-electron chi connectivity index (χ1n) is 9.01. The van der Waals surface area contributed by atoms with Gasteiger partial charge < -0.3 is 14.8 Å². The third-order valence-electron chi connectivity index (χ3n) is 4.50. The highest BCUT2D eigenvalue weighted by Crippen LogP contribution is 2.25. The van der Waals surface area contributed by atoms with Crippen molar-refractivity contribution in [3.63, 3.8) is 0 Å². The molecule has 1 aromatic rings. The zero-order chi connectivity index (χ0) is 18.2. The Labute approximate surface area is 183 Å². The number of aryl methyl sites for hydroxylation is 1. The van der Waals surface area contributed by atoms with Gasteiger partial charge in [-0.15, -0.1) is 34.2 Å². The molecule has 0 amide bonds. The van der Waals surface area contributed by atoms with E-state index in [4.69, 9.17) is 4.99 Å². The first-order valence-corrected chi connectivity index (χ1v) is 11.5. The highest BCUT2D eigenvalue weighted by molar-refractivity contribution is 14.0. The van der Waals surface area contributed by atoms with Gasteiger partial charge in [-0.05, 0) is 31.3 Å². The van der Waals surface area contributed by atoms with Gasteiger partial charge in [0, 0.05) is 37.7 Å². The minimum absolute atomic E-state index is 0. The molecule has 1 aliphatic heterocycles. The average Bonchev–Trinajstić information content (AvgIpc) is 2.93. The summed E-state index contributed by atoms with van der Waals surface area (Å²) in [5, 5.41) is 12.6. The van der Waals surface area contributed by atoms with Crippen LogP contribution in [-0.2, 0) is 13.6 Å². The summed E-state index contributed by atoms with van der Waals surface area (Å²) >= 11 is 3.98. The van der Waals surface area contributed by atoms with Gasteiger partial charge in [0.25, 0.3) is 0 Å². The third-order valence-corrected chi connectivity index (χ3v) is 6.73. The van der Waals surface area contributed by atoms with Crippen LogP contribution in [0, 0.1) is 12.8 Å². The van der Waals surface area contributed by atoms with Gasteiger partial charge in [-0.1, -0.05) is 13.8 Å². The van der Waals surface area contributed by atoms with Gasteiger partial charge in [-0.25, -0.2) is 4.99 Å². The number of hydrogen-bond acceptors (Lipinski definition) is 5. The van der Waals surface area contributed by atoms with Crippen molar-refractivity contribution in [2.75, 3.05) is 37.4 Å². The summed E-state index contributed by atoms with van der Waals surface area (Å²) < 4.78 is 2.01. The Bertz CT molecular complexity index is 563. The van der Waals surface area contributed by atoms with Crippen LogP contribution in [0.4, 0.5) is 0 Å². The van der Waals surface area contributed by atoms with Crippen molar-refractivity contribution in [3.8, 4) is 0 Å². The van der Waals surface area contributed by atoms with E-state index < -0.39 is 0 Å². The van der Waals surface area contributed by atoms with Gasteiger partial charge >= 0.3 is 0 Å². The minimum atomic E-state index is 0. The van der Waals surface area contributed by atoms with Crippen LogP contribution in [0.15, 0.2) is 4.99 Å². The molecule has 0 aromatic carbocycles. The second kappa shape index (κ2) is 12.3. The summed E-state index contributed by atoms with van der Waals surface area (Å²) in [5.74, 6) is 5.88. The van der Waals surface area contributed by atoms with Gasteiger partial charge in [-0.2, -0.15) is 23.5 Å². The molecule has 1 N–H and O–H groups in total. The summed E-state index contributed by atoms with van der Waals surface area (Å²) in [4.78, 5) is 7.30. The summed E-state index contributed by atoms with van der Waals surface area (Å²) in [5.41, 5.74) is 0. The lowest BCUT2D eigenvalue weighted by molar-refractivity contribution is 0.380. The lowest BCUT2D eigenvalue weighted by atomic mass is 10.1. The third kappa shape index (κ3) is 7.10. The van der Waals surface area contributed by atoms with E-state index in [1.165, 1.54) is 5.75 Å². The first kappa shape index (κ1) is 23.9. The lowest BCUT2D eigenvalue weighted by Crippen LogP contribution is -2.49. The van der Waals surface area contributed by atoms with E-state index >= 15 is 0 Å². The number of aliphatic imine (C=N–C) groups is 1. The number of guanidine groups is 1. The van der Waals surface area contributed by atoms with Crippen molar-refractivity contribution >= 4 is 53.5 Å². The fraction of sp³-hybridized carbons (Fsp3) is 0.824. The molecule has 0 saturated carbocycles. The van der Waals surface area contributed by atoms with Gasteiger partial charge in [0.15, 0.2) is 11.8 Å². The molecule has 1 fully saturated rings. The molecule has 9 heteroatoms. The van der Waals surface area contributed by atoms with Crippen LogP contribution in [0.3, 0.4) is 0 Å². The number of nitrogens with one attached hydrogen (secondary N) is 1. The van der Waals surface area contributed by atoms with E-state index in [1.807, 2.05) is 30.3 Å². The molecule has 2 rings (SSSR count). The van der Waals surface area contributed by atoms with E-state index in [2.05, 4.69) is 52.3 Å². The molecule has 1 aromatic heterocycles. The van der Waals surface area contributed by atoms with E-state index in [9.17, 15) is 0 Å². The van der Waals surface area contributed by atoms with Gasteiger partial charge in [0.2, 0.25) is 0 Å². The summed E-state index contributed by atoms with van der Waals surface area (Å²) in [6.07, 6.45) is 3.31. The zero-order valence-corrected chi connectivity index (χ0v) is 20.5. The van der Waals surface area contributed by atoms with Crippen molar-refractivity contribution in [1.29, 1.82) is 0 Å². The van der Waals surface area contributed by atoms with E-state index in [0.29, 0.717) is 17.7 Å². The van der Waals surface area contributed by atoms with Crippen molar-refractivity contribution in [1.82, 2.24) is 25.0 Å². The predicted molar refractivity (Wildman–Crippen MR) is 126 cm³/mol. The molecular weight excluding hydrogens is 479 g/mol. The maximum absolute atomic E-state index is 4.88. The fourth-order valence-electron chi connectivity index (χ4n) is 2.69. The first-order chi connectivity index (χ1) is 12.0. The Balaban J connectivity index is 0.00000338. The van der Waals surface area contributed by atoms with Crippen molar-refractivity contribution in [2.45, 2.75) is 39.0 Å². The normalized spacial score (nSPS) is 18.2. The standard InChI is InChI=1S/C17H32N6S2.HI/c1-13(2)15-12-23(8-10-25-15)17(18-7-6-9-24-5)19-11-16-21-20-14(3)22(16)4;/h13,15H,6-12H2,1-5H3,(H,18,19);1H. The Morgan fingerprint density at radius 3 is 2.81 bits per heavy atom. The van der Waals surface area contributed by atoms with Crippen LogP contribution >= 0.6 is 47.5 Å². The average molecular weight is 513 g/mol. The molecule has 1 unspecified atom stereocenters. The predicted octanol–water partition coefficient (Wildman–Crippen LogP) is 3.01. The molecule has 0 radical (unpaired) electrons. The van der Waals surface area contributed by atoms with Crippen LogP contribution in [0.2, 0.25) is 0 Å². The fourth-order valence-corrected chi connectivity index (χ4v) is 4.42. The molecule has 2 heterocycles. The molecule has 0 aliphatic carbocycles. The van der Waals surface area contributed by atoms with Crippen LogP contribution in [0.5, 0.6) is 0 Å². The topological polar surface area (TPSA) is 58.3 Å². The maximum atomic E-state index is 4.88. The number of nitrogens with zero attached hydrogens (tertiary/aromatic N) is 5. The molecule has 1 atom stereocenters. The Kier molecular flexibility index (Phi) is 11.3. The molecule has 1 aliphatic rings. The second-order valence-electron chi connectivity index (χ2n) is 6.73. The second-order valence-corrected chi connectivity index (χ2v) is 9.07. The van der Waals surface area contributed by atoms with Crippen molar-refractivity contribution in [3.05, 3.63) is 11.6 Å². The monoisotopic (exact) mass is 512 g/mol. The van der Waals surface area contributed by atoms with E-state index in [0.717, 1.165) is 49.4 Å². The molecule has 1 saturated heterocycles. The molecule has 0 bridgehead atoms. The van der Waals surface area contributed by atoms with Crippen molar-refractivity contribution in [2.24, 2.45) is 18.0 Å². The summed E-state index contributed by atoms with van der Waals surface area (Å²) in [7, 11) is 2.00. The zero-order valence-electron chi connectivity index (χ0n) is 16.6. The number of thioether (sulfide) groups is 2. The quantitative estimate of drug-likeness (QED) is 0.263. The number of aromatic nitrogens is 3. The Hall–Kier alpha value is -0.160. The number of halogens is 1. The number of rotatable bonds is 7. The van der Waals surface area contributed by atoms with Crippen molar-refractivity contribution < 1.29 is 0 Å². The van der Waals surface area contributed by atoms with Crippen LogP contribution in [0.25, 0.3) is 0 Å². The van der Waals surface area contributed by atoms with E-state index in [-0.39, 0.29) is 24.0 Å². The van der Waals surface area contributed by atoms with Gasteiger partial charge in [0.1, 0.15) is 12.4 Å². The van der Waals surface area contributed by atoms with Crippen LogP contribution in [0.1, 0.15) is 31.9 Å². The smallest absolute Gasteiger partial charge is 0.194 e. The summed E-state index contributed by atoms with van der Waals surface area (Å²) in [6, 6.07) is 0. The SMILES string of the molecule is CSCCCNC(=NCc1nnc(C)n1C)N1CCSC(C(C)C)C1.I. The molecule has 150 valence electrons. The summed E-state index contributed by atoms with van der Waals surface area (Å²) in [6.45, 7) is 10.2. The highest BCUT2D eigenvalue weighted by atomic mass is 127. The highest BCUT2D eigenvalue weighted by Gasteiger charge is 2.25. The van der Waals surface area contributed by atoms with E-state index in [1.54, 1.807) is 0 Å². The molecule has 0 spiro atoms. The molecular formula is C17H33IN6S2.